The molecule has 0 bridgehead atoms. The van der Waals surface area contributed by atoms with Crippen molar-refractivity contribution < 1.29 is 9.53 Å². The van der Waals surface area contributed by atoms with Crippen LogP contribution in [0.25, 0.3) is 0 Å². The molecule has 0 aliphatic heterocycles. The average Bonchev–Trinajstić information content (AvgIpc) is 2.54. The van der Waals surface area contributed by atoms with Crippen LogP contribution in [0.5, 0.6) is 0 Å². The highest BCUT2D eigenvalue weighted by atomic mass is 79.9. The number of thiophene rings is 1. The summed E-state index contributed by atoms with van der Waals surface area (Å²) in [6.07, 6.45) is 0. The Hall–Kier alpha value is 0.250. The Labute approximate surface area is 116 Å². The van der Waals surface area contributed by atoms with Gasteiger partial charge in [-0.15, -0.1) is 11.3 Å². The summed E-state index contributed by atoms with van der Waals surface area (Å²) in [4.78, 5) is 13.9. The van der Waals surface area contributed by atoms with Crippen LogP contribution in [0.3, 0.4) is 0 Å². The normalized spacial score (nSPS) is 11.1. The fraction of sp³-hybridized carbons (Fsp3) is 0.500. The van der Waals surface area contributed by atoms with E-state index in [1.165, 1.54) is 11.3 Å². The van der Waals surface area contributed by atoms with Gasteiger partial charge in [0.05, 0.1) is 20.7 Å². The number of Topliss-reactive ketones (excluding diaryl/α,β-unsaturated/α-hetero) is 1. The van der Waals surface area contributed by atoms with Crippen molar-refractivity contribution in [3.8, 4) is 0 Å². The number of carbonyl (C=O) groups is 1. The van der Waals surface area contributed by atoms with E-state index >= 15 is 0 Å². The van der Waals surface area contributed by atoms with Crippen molar-refractivity contribution in [2.24, 2.45) is 0 Å². The van der Waals surface area contributed by atoms with E-state index in [9.17, 15) is 4.79 Å². The van der Waals surface area contributed by atoms with Gasteiger partial charge in [0.25, 0.3) is 0 Å². The fourth-order valence-corrected chi connectivity index (χ4v) is 4.04. The number of hydrogen-bond acceptors (Lipinski definition) is 4. The van der Waals surface area contributed by atoms with Gasteiger partial charge in [0.2, 0.25) is 0 Å². The number of methoxy groups -OCH3 is 1. The molecular formula is C10H13Br2NO2S. The van der Waals surface area contributed by atoms with Gasteiger partial charge in [-0.3, -0.25) is 9.69 Å². The number of rotatable bonds is 6. The van der Waals surface area contributed by atoms with Crippen LogP contribution < -0.4 is 0 Å². The van der Waals surface area contributed by atoms with E-state index in [-0.39, 0.29) is 5.78 Å². The molecule has 16 heavy (non-hydrogen) atoms. The number of likely N-dealkylation sites (N-methyl/N-ethyl adjacent to an activating group) is 1. The fourth-order valence-electron chi connectivity index (χ4n) is 1.19. The first-order valence-corrected chi connectivity index (χ1v) is 7.10. The third-order valence-electron chi connectivity index (χ3n) is 2.05. The number of carbonyl (C=O) groups excluding carboxylic acids is 1. The molecule has 6 heteroatoms. The number of hydrogen-bond donors (Lipinski definition) is 0. The highest BCUT2D eigenvalue weighted by Gasteiger charge is 2.15. The van der Waals surface area contributed by atoms with Gasteiger partial charge in [0, 0.05) is 19.2 Å². The number of halogens is 2. The minimum Gasteiger partial charge on any atom is -0.383 e. The molecule has 0 spiro atoms. The van der Waals surface area contributed by atoms with E-state index in [1.54, 1.807) is 7.11 Å². The largest absolute Gasteiger partial charge is 0.383 e. The van der Waals surface area contributed by atoms with E-state index < -0.39 is 0 Å². The lowest BCUT2D eigenvalue weighted by Crippen LogP contribution is -2.29. The quantitative estimate of drug-likeness (QED) is 0.721. The zero-order chi connectivity index (χ0) is 12.1. The van der Waals surface area contributed by atoms with Crippen molar-refractivity contribution >= 4 is 49.0 Å². The minimum atomic E-state index is 0.118. The Kier molecular flexibility index (Phi) is 6.13. The molecule has 3 nitrogen and oxygen atoms in total. The zero-order valence-corrected chi connectivity index (χ0v) is 13.1. The van der Waals surface area contributed by atoms with Crippen LogP contribution in [0.4, 0.5) is 0 Å². The van der Waals surface area contributed by atoms with Crippen LogP contribution in [0.15, 0.2) is 13.6 Å². The molecule has 1 aromatic rings. The average molecular weight is 371 g/mol. The Morgan fingerprint density at radius 3 is 2.75 bits per heavy atom. The summed E-state index contributed by atoms with van der Waals surface area (Å²) in [5, 5.41) is 0. The van der Waals surface area contributed by atoms with E-state index in [2.05, 4.69) is 31.9 Å². The first-order valence-electron chi connectivity index (χ1n) is 4.70. The topological polar surface area (TPSA) is 29.5 Å². The van der Waals surface area contributed by atoms with Gasteiger partial charge in [-0.25, -0.2) is 0 Å². The standard InChI is InChI=1S/C10H13Br2NO2S/c1-13(3-4-15-2)6-8(14)7-5-9(11)16-10(7)12/h5H,3-4,6H2,1-2H3. The summed E-state index contributed by atoms with van der Waals surface area (Å²) < 4.78 is 6.80. The number of nitrogens with zero attached hydrogens (tertiary/aromatic N) is 1. The molecule has 0 radical (unpaired) electrons. The lowest BCUT2D eigenvalue weighted by molar-refractivity contribution is 0.0922. The maximum atomic E-state index is 11.9. The first kappa shape index (κ1) is 14.3. The minimum absolute atomic E-state index is 0.118. The Morgan fingerprint density at radius 2 is 2.25 bits per heavy atom. The van der Waals surface area contributed by atoms with Gasteiger partial charge in [-0.2, -0.15) is 0 Å². The molecule has 0 saturated carbocycles. The lowest BCUT2D eigenvalue weighted by Gasteiger charge is -2.14. The highest BCUT2D eigenvalue weighted by molar-refractivity contribution is 9.12. The van der Waals surface area contributed by atoms with Crippen molar-refractivity contribution in [2.45, 2.75) is 0 Å². The molecular weight excluding hydrogens is 358 g/mol. The van der Waals surface area contributed by atoms with E-state index in [0.717, 1.165) is 19.7 Å². The third kappa shape index (κ3) is 4.25. The second-order valence-corrected chi connectivity index (χ2v) is 7.14. The molecule has 0 saturated heterocycles. The van der Waals surface area contributed by atoms with Crippen LogP contribution in [0.2, 0.25) is 0 Å². The highest BCUT2D eigenvalue weighted by Crippen LogP contribution is 2.32. The summed E-state index contributed by atoms with van der Waals surface area (Å²) in [6, 6.07) is 1.85. The van der Waals surface area contributed by atoms with Crippen LogP contribution in [0, 0.1) is 0 Å². The molecule has 0 amide bonds. The summed E-state index contributed by atoms with van der Waals surface area (Å²) in [6.45, 7) is 1.80. The van der Waals surface area contributed by atoms with Gasteiger partial charge < -0.3 is 4.74 Å². The second kappa shape index (κ2) is 6.86. The smallest absolute Gasteiger partial charge is 0.178 e. The van der Waals surface area contributed by atoms with Crippen molar-refractivity contribution in [3.63, 3.8) is 0 Å². The SMILES string of the molecule is COCCN(C)CC(=O)c1cc(Br)sc1Br. The third-order valence-corrected chi connectivity index (χ3v) is 4.39. The predicted molar refractivity (Wildman–Crippen MR) is 73.4 cm³/mol. The molecule has 1 rings (SSSR count). The Morgan fingerprint density at radius 1 is 1.56 bits per heavy atom. The molecule has 0 atom stereocenters. The van der Waals surface area contributed by atoms with Crippen molar-refractivity contribution in [1.29, 1.82) is 0 Å². The summed E-state index contributed by atoms with van der Waals surface area (Å²) in [7, 11) is 3.56. The van der Waals surface area contributed by atoms with Gasteiger partial charge in [0.15, 0.2) is 5.78 Å². The molecule has 0 fully saturated rings. The molecule has 0 aliphatic rings. The Bertz CT molecular complexity index is 368. The summed E-state index contributed by atoms with van der Waals surface area (Å²) >= 11 is 8.26. The van der Waals surface area contributed by atoms with Crippen LogP contribution in [0.1, 0.15) is 10.4 Å². The predicted octanol–water partition coefficient (Wildman–Crippen LogP) is 3.03. The van der Waals surface area contributed by atoms with Crippen molar-refractivity contribution in [1.82, 2.24) is 4.90 Å². The van der Waals surface area contributed by atoms with Gasteiger partial charge in [-0.05, 0) is 45.0 Å². The van der Waals surface area contributed by atoms with Crippen LogP contribution in [-0.2, 0) is 4.74 Å². The van der Waals surface area contributed by atoms with E-state index in [1.807, 2.05) is 18.0 Å². The lowest BCUT2D eigenvalue weighted by atomic mass is 10.2. The monoisotopic (exact) mass is 369 g/mol. The second-order valence-electron chi connectivity index (χ2n) is 3.39. The van der Waals surface area contributed by atoms with Crippen LogP contribution >= 0.6 is 43.2 Å². The van der Waals surface area contributed by atoms with Gasteiger partial charge in [0.1, 0.15) is 0 Å². The summed E-state index contributed by atoms with van der Waals surface area (Å²) in [5.41, 5.74) is 0.737. The molecule has 0 aromatic carbocycles. The number of ketones is 1. The maximum absolute atomic E-state index is 11.9. The summed E-state index contributed by atoms with van der Waals surface area (Å²) in [5.74, 6) is 0.118. The maximum Gasteiger partial charge on any atom is 0.178 e. The van der Waals surface area contributed by atoms with E-state index in [0.29, 0.717) is 13.2 Å². The van der Waals surface area contributed by atoms with Gasteiger partial charge in [-0.1, -0.05) is 0 Å². The first-order chi connectivity index (χ1) is 7.54. The number of ether oxygens (including phenoxy) is 1. The van der Waals surface area contributed by atoms with E-state index in [4.69, 9.17) is 4.74 Å². The van der Waals surface area contributed by atoms with Gasteiger partial charge >= 0.3 is 0 Å². The molecule has 0 N–H and O–H groups in total. The molecule has 90 valence electrons. The van der Waals surface area contributed by atoms with Crippen molar-refractivity contribution in [2.75, 3.05) is 33.9 Å². The zero-order valence-electron chi connectivity index (χ0n) is 9.13. The molecule has 1 aromatic heterocycles. The molecule has 1 heterocycles. The molecule has 0 unspecified atom stereocenters. The molecule has 0 aliphatic carbocycles. The Balaban J connectivity index is 2.55. The van der Waals surface area contributed by atoms with Crippen LogP contribution in [-0.4, -0.2) is 44.5 Å². The van der Waals surface area contributed by atoms with Crippen molar-refractivity contribution in [3.05, 3.63) is 19.2 Å².